The second-order valence-electron chi connectivity index (χ2n) is 6.95. The van der Waals surface area contributed by atoms with Crippen molar-refractivity contribution >= 4 is 5.91 Å². The van der Waals surface area contributed by atoms with Gasteiger partial charge in [-0.2, -0.15) is 0 Å². The Morgan fingerprint density at radius 3 is 2.65 bits per heavy atom. The summed E-state index contributed by atoms with van der Waals surface area (Å²) in [5.41, 5.74) is 1.55. The Hall–Kier alpha value is -2.34. The fraction of sp³-hybridized carbons (Fsp3) is 0.500. The molecule has 1 aromatic heterocycles. The van der Waals surface area contributed by atoms with E-state index in [9.17, 15) is 4.79 Å². The summed E-state index contributed by atoms with van der Waals surface area (Å²) in [6, 6.07) is 8.76. The predicted molar refractivity (Wildman–Crippen MR) is 99.0 cm³/mol. The first kappa shape index (κ1) is 18.5. The first-order valence-electron chi connectivity index (χ1n) is 9.26. The van der Waals surface area contributed by atoms with Crippen LogP contribution in [-0.2, 0) is 13.1 Å². The minimum absolute atomic E-state index is 0.148. The second kappa shape index (κ2) is 8.36. The summed E-state index contributed by atoms with van der Waals surface area (Å²) in [7, 11) is 0. The third kappa shape index (κ3) is 5.08. The van der Waals surface area contributed by atoms with Crippen molar-refractivity contribution < 1.29 is 13.9 Å². The van der Waals surface area contributed by atoms with Gasteiger partial charge in [-0.1, -0.05) is 12.1 Å². The lowest BCUT2D eigenvalue weighted by molar-refractivity contribution is 0.0946. The van der Waals surface area contributed by atoms with Crippen molar-refractivity contribution in [1.82, 2.24) is 15.2 Å². The summed E-state index contributed by atoms with van der Waals surface area (Å²) in [5, 5.41) is 2.93. The molecule has 6 heteroatoms. The Bertz CT molecular complexity index is 720. The number of carbonyl (C=O) groups excluding carboxylic acids is 1. The second-order valence-corrected chi connectivity index (χ2v) is 6.95. The number of benzene rings is 1. The van der Waals surface area contributed by atoms with Gasteiger partial charge in [-0.05, 0) is 51.3 Å². The van der Waals surface area contributed by atoms with Crippen molar-refractivity contribution in [2.75, 3.05) is 6.61 Å². The number of hydrogen-bond donors (Lipinski definition) is 1. The van der Waals surface area contributed by atoms with Crippen LogP contribution in [0.5, 0.6) is 5.75 Å². The largest absolute Gasteiger partial charge is 0.494 e. The Labute approximate surface area is 154 Å². The summed E-state index contributed by atoms with van der Waals surface area (Å²) in [6.07, 6.45) is 3.56. The van der Waals surface area contributed by atoms with Gasteiger partial charge in [0.2, 0.25) is 5.89 Å². The molecular weight excluding hydrogens is 330 g/mol. The van der Waals surface area contributed by atoms with Gasteiger partial charge in [-0.3, -0.25) is 9.69 Å². The van der Waals surface area contributed by atoms with Crippen LogP contribution in [0.4, 0.5) is 0 Å². The number of nitrogens with one attached hydrogen (secondary N) is 1. The molecule has 0 atom stereocenters. The number of ether oxygens (including phenoxy) is 1. The van der Waals surface area contributed by atoms with Crippen LogP contribution in [0.25, 0.3) is 0 Å². The number of nitrogens with zero attached hydrogens (tertiary/aromatic N) is 2. The highest BCUT2D eigenvalue weighted by Gasteiger charge is 2.25. The molecule has 1 aliphatic carbocycles. The van der Waals surface area contributed by atoms with Gasteiger partial charge in [0.15, 0.2) is 5.69 Å². The molecule has 1 N–H and O–H groups in total. The van der Waals surface area contributed by atoms with Crippen LogP contribution in [0.2, 0.25) is 0 Å². The molecule has 1 aliphatic rings. The van der Waals surface area contributed by atoms with E-state index in [2.05, 4.69) is 41.2 Å². The van der Waals surface area contributed by atoms with Gasteiger partial charge in [-0.25, -0.2) is 4.98 Å². The fourth-order valence-corrected chi connectivity index (χ4v) is 2.66. The lowest BCUT2D eigenvalue weighted by Crippen LogP contribution is -2.30. The van der Waals surface area contributed by atoms with E-state index in [4.69, 9.17) is 9.15 Å². The first-order chi connectivity index (χ1) is 12.5. The van der Waals surface area contributed by atoms with Crippen LogP contribution in [0.15, 0.2) is 34.9 Å². The molecular formula is C20H27N3O3. The average molecular weight is 357 g/mol. The average Bonchev–Trinajstić information content (AvgIpc) is 3.30. The third-order valence-corrected chi connectivity index (χ3v) is 4.39. The molecule has 1 heterocycles. The lowest BCUT2D eigenvalue weighted by atomic mass is 10.2. The van der Waals surface area contributed by atoms with E-state index in [1.807, 2.05) is 19.1 Å². The number of oxazole rings is 1. The maximum atomic E-state index is 12.0. The molecule has 0 aliphatic heterocycles. The highest BCUT2D eigenvalue weighted by molar-refractivity contribution is 5.92. The summed E-state index contributed by atoms with van der Waals surface area (Å²) >= 11 is 0. The van der Waals surface area contributed by atoms with Gasteiger partial charge in [0, 0.05) is 18.6 Å². The quantitative estimate of drug-likeness (QED) is 0.745. The fourth-order valence-electron chi connectivity index (χ4n) is 2.66. The minimum Gasteiger partial charge on any atom is -0.494 e. The topological polar surface area (TPSA) is 67.6 Å². The predicted octanol–water partition coefficient (Wildman–Crippen LogP) is 3.38. The van der Waals surface area contributed by atoms with Crippen LogP contribution < -0.4 is 10.1 Å². The van der Waals surface area contributed by atoms with E-state index in [0.717, 1.165) is 25.1 Å². The van der Waals surface area contributed by atoms with E-state index in [1.165, 1.54) is 11.8 Å². The van der Waals surface area contributed by atoms with Crippen LogP contribution in [0.3, 0.4) is 0 Å². The van der Waals surface area contributed by atoms with Crippen LogP contribution >= 0.6 is 0 Å². The number of carbonyl (C=O) groups is 1. The molecule has 0 bridgehead atoms. The van der Waals surface area contributed by atoms with Crippen molar-refractivity contribution in [1.29, 1.82) is 0 Å². The maximum Gasteiger partial charge on any atom is 0.273 e. The molecule has 0 radical (unpaired) electrons. The minimum atomic E-state index is -0.148. The standard InChI is InChI=1S/C20H27N3O3/c1-4-25-17-9-5-15(6-10-17)11-23(14(2)3)12-19-22-18(13-26-19)20(24)21-16-7-8-16/h5-6,9-10,13-14,16H,4,7-8,11-12H2,1-3H3,(H,21,24). The van der Waals surface area contributed by atoms with Crippen molar-refractivity contribution in [3.63, 3.8) is 0 Å². The van der Waals surface area contributed by atoms with Crippen molar-refractivity contribution in [2.45, 2.75) is 58.8 Å². The summed E-state index contributed by atoms with van der Waals surface area (Å²) in [5.74, 6) is 1.29. The molecule has 1 amide bonds. The monoisotopic (exact) mass is 357 g/mol. The molecule has 0 unspecified atom stereocenters. The summed E-state index contributed by atoms with van der Waals surface area (Å²) in [6.45, 7) is 8.25. The molecule has 6 nitrogen and oxygen atoms in total. The SMILES string of the molecule is CCOc1ccc(CN(Cc2nc(C(=O)NC3CC3)co2)C(C)C)cc1. The zero-order chi connectivity index (χ0) is 18.5. The normalized spacial score (nSPS) is 14.0. The smallest absolute Gasteiger partial charge is 0.273 e. The van der Waals surface area contributed by atoms with Gasteiger partial charge in [0.05, 0.1) is 13.2 Å². The van der Waals surface area contributed by atoms with E-state index >= 15 is 0 Å². The molecule has 2 aromatic rings. The highest BCUT2D eigenvalue weighted by Crippen LogP contribution is 2.20. The Morgan fingerprint density at radius 2 is 2.04 bits per heavy atom. The molecule has 26 heavy (non-hydrogen) atoms. The van der Waals surface area contributed by atoms with Crippen LogP contribution in [0, 0.1) is 0 Å². The van der Waals surface area contributed by atoms with Crippen molar-refractivity contribution in [3.8, 4) is 5.75 Å². The van der Waals surface area contributed by atoms with E-state index < -0.39 is 0 Å². The van der Waals surface area contributed by atoms with Crippen LogP contribution in [-0.4, -0.2) is 34.5 Å². The van der Waals surface area contributed by atoms with Gasteiger partial charge in [-0.15, -0.1) is 0 Å². The lowest BCUT2D eigenvalue weighted by Gasteiger charge is -2.25. The molecule has 1 saturated carbocycles. The number of amides is 1. The van der Waals surface area contributed by atoms with Crippen LogP contribution in [0.1, 0.15) is 55.6 Å². The highest BCUT2D eigenvalue weighted by atomic mass is 16.5. The summed E-state index contributed by atoms with van der Waals surface area (Å²) in [4.78, 5) is 18.7. The third-order valence-electron chi connectivity index (χ3n) is 4.39. The van der Waals surface area contributed by atoms with E-state index in [1.54, 1.807) is 0 Å². The Kier molecular flexibility index (Phi) is 5.93. The van der Waals surface area contributed by atoms with Gasteiger partial charge >= 0.3 is 0 Å². The molecule has 1 aromatic carbocycles. The van der Waals surface area contributed by atoms with Crippen molar-refractivity contribution in [2.24, 2.45) is 0 Å². The molecule has 3 rings (SSSR count). The zero-order valence-corrected chi connectivity index (χ0v) is 15.7. The summed E-state index contributed by atoms with van der Waals surface area (Å²) < 4.78 is 11.0. The molecule has 0 spiro atoms. The van der Waals surface area contributed by atoms with Crippen molar-refractivity contribution in [3.05, 3.63) is 47.7 Å². The number of aromatic nitrogens is 1. The van der Waals surface area contributed by atoms with E-state index in [0.29, 0.717) is 36.8 Å². The van der Waals surface area contributed by atoms with Gasteiger partial charge < -0.3 is 14.5 Å². The van der Waals surface area contributed by atoms with Gasteiger partial charge in [0.25, 0.3) is 5.91 Å². The Morgan fingerprint density at radius 1 is 1.31 bits per heavy atom. The molecule has 1 fully saturated rings. The number of hydrogen-bond acceptors (Lipinski definition) is 5. The molecule has 140 valence electrons. The van der Waals surface area contributed by atoms with E-state index in [-0.39, 0.29) is 5.91 Å². The number of rotatable bonds is 9. The van der Waals surface area contributed by atoms with Gasteiger partial charge in [0.1, 0.15) is 12.0 Å². The maximum absolute atomic E-state index is 12.0. The first-order valence-corrected chi connectivity index (χ1v) is 9.26. The zero-order valence-electron chi connectivity index (χ0n) is 15.7. The Balaban J connectivity index is 1.61. The molecule has 0 saturated heterocycles.